The average Bonchev–Trinajstić information content (AvgIpc) is 1.63. The van der Waals surface area contributed by atoms with Gasteiger partial charge in [0.2, 0.25) is 41.5 Å². The largest absolute Gasteiger partial charge is 0.497 e. The number of ether oxygens (including phenoxy) is 5. The van der Waals surface area contributed by atoms with E-state index in [1.54, 1.807) is 88.5 Å². The van der Waals surface area contributed by atoms with Crippen LogP contribution in [0.2, 0.25) is 30.9 Å². The minimum absolute atomic E-state index is 0. The first kappa shape index (κ1) is 92.3. The molecule has 20 rings (SSSR count). The zero-order valence-electron chi connectivity index (χ0n) is 66.1. The number of benzene rings is 5. The van der Waals surface area contributed by atoms with Crippen LogP contribution in [0.1, 0.15) is 42.7 Å². The average molecular weight is 1870 g/mol. The Bertz CT molecular complexity index is 6800. The summed E-state index contributed by atoms with van der Waals surface area (Å²) in [5.41, 5.74) is 29.1. The highest BCUT2D eigenvalue weighted by molar-refractivity contribution is 6.35. The minimum atomic E-state index is -0.866. The van der Waals surface area contributed by atoms with Crippen molar-refractivity contribution in [2.45, 2.75) is 47.6 Å². The fourth-order valence-electron chi connectivity index (χ4n) is 12.1. The third-order valence-electron chi connectivity index (χ3n) is 18.0. The van der Waals surface area contributed by atoms with E-state index in [2.05, 4.69) is 115 Å². The second-order valence-electron chi connectivity index (χ2n) is 26.1. The Morgan fingerprint density at radius 3 is 1.16 bits per heavy atom. The molecule has 0 fully saturated rings. The lowest BCUT2D eigenvalue weighted by molar-refractivity contribution is -0.662. The monoisotopic (exact) mass is 1860 g/mol. The molecule has 0 aliphatic rings. The molecule has 0 aliphatic heterocycles. The van der Waals surface area contributed by atoms with Crippen molar-refractivity contribution >= 4 is 166 Å². The van der Waals surface area contributed by atoms with Crippen LogP contribution >= 0.6 is 69.6 Å². The summed E-state index contributed by atoms with van der Waals surface area (Å²) in [6, 6.07) is 41.9. The van der Waals surface area contributed by atoms with Gasteiger partial charge < -0.3 is 69.0 Å². The van der Waals surface area contributed by atoms with Crippen LogP contribution in [0.3, 0.4) is 0 Å². The number of aromatic amines is 4. The highest BCUT2D eigenvalue weighted by Gasteiger charge is 2.23. The van der Waals surface area contributed by atoms with Crippen LogP contribution in [-0.4, -0.2) is 164 Å². The molecule has 5 aromatic carbocycles. The van der Waals surface area contributed by atoms with Crippen LogP contribution < -0.4 is 50.0 Å². The van der Waals surface area contributed by atoms with Crippen LogP contribution in [0.5, 0.6) is 28.7 Å². The number of nitrogen functional groups attached to an aromatic ring is 3. The molecule has 0 spiro atoms. The molecule has 15 heterocycles. The summed E-state index contributed by atoms with van der Waals surface area (Å²) >= 11 is 35.2. The topological polar surface area (TPSA) is 468 Å². The van der Waals surface area contributed by atoms with Crippen molar-refractivity contribution in [3.63, 3.8) is 0 Å². The standard InChI is InChI=1S/C17H13FN4O2.2C13H10ClFN4O.2C13H12ClN5O.C5H2ClFN4.C5H4ClN5.2CH4/c1-23-12-6-4-11(5-7-12)9-22-10-19-15-14(13-3-2-8-24-13)20-17(18)21-16(15)22;1-20-9-4-2-8(3-5-9)6-19-7-16-12-10(19)11(14)17-13(15)18-12;1-20-9-4-2-8(3-5-9)6-19-7-16-10-11(14)17-13(15)18-12(10)19;1-20-9-4-2-8(3-5-9)6-19-7-16-12-10(19)11(14)17-13(15)18-12;1-20-9-4-2-8(3-5-9)6-19-7-16-10-11(14)17-13(15)18-12(10)19;2*6-3-2-4(9-1-8-2)11-5(7)10-3;;/h2-8,10H,9H2,1H3;2*2-5,7H,6H2,1H3;2*2-5,7H,6H2,1H3,(H2,15,17,18);1H,(H,8,9,10,11);1H,(H3,7,8,9,10,11);2*1H4/p+2. The van der Waals surface area contributed by atoms with Gasteiger partial charge in [-0.1, -0.05) is 145 Å². The van der Waals surface area contributed by atoms with Gasteiger partial charge >= 0.3 is 24.3 Å². The quantitative estimate of drug-likeness (QED) is 0.0204. The molecule has 656 valence electrons. The molecule has 20 aromatic rings. The summed E-state index contributed by atoms with van der Waals surface area (Å²) < 4.78 is 92.7. The number of aromatic nitrogens is 28. The molecule has 47 heteroatoms. The van der Waals surface area contributed by atoms with Gasteiger partial charge in [-0.05, 0) is 101 Å². The van der Waals surface area contributed by atoms with Crippen LogP contribution in [0.15, 0.2) is 188 Å². The van der Waals surface area contributed by atoms with Crippen LogP contribution in [0.25, 0.3) is 89.6 Å². The van der Waals surface area contributed by atoms with E-state index in [9.17, 15) is 17.6 Å². The fourth-order valence-corrected chi connectivity index (χ4v) is 13.5. The lowest BCUT2D eigenvalue weighted by Gasteiger charge is -2.06. The third kappa shape index (κ3) is 22.4. The lowest BCUT2D eigenvalue weighted by atomic mass is 10.2. The van der Waals surface area contributed by atoms with Crippen molar-refractivity contribution in [2.75, 3.05) is 52.7 Å². The number of nitrogens with two attached hydrogens (primary N) is 3. The number of fused-ring (bicyclic) bond motifs is 7. The maximum absolute atomic E-state index is 13.9. The van der Waals surface area contributed by atoms with Gasteiger partial charge in [-0.2, -0.15) is 87.3 Å². The van der Waals surface area contributed by atoms with Gasteiger partial charge in [-0.25, -0.2) is 44.0 Å². The number of H-pyrrole nitrogens is 4. The predicted molar refractivity (Wildman–Crippen MR) is 472 cm³/mol. The molecular formula is C81H73Cl6F4N31O6+2. The van der Waals surface area contributed by atoms with Gasteiger partial charge in [0.1, 0.15) is 75.1 Å². The predicted octanol–water partition coefficient (Wildman–Crippen LogP) is 14.7. The minimum Gasteiger partial charge on any atom is -0.497 e. The summed E-state index contributed by atoms with van der Waals surface area (Å²) in [6.07, 6.45) is 9.34. The van der Waals surface area contributed by atoms with E-state index in [0.29, 0.717) is 121 Å². The van der Waals surface area contributed by atoms with Gasteiger partial charge in [0.25, 0.3) is 11.3 Å². The van der Waals surface area contributed by atoms with Crippen molar-refractivity contribution in [1.82, 2.24) is 128 Å². The number of hydrogen-bond acceptors (Lipinski definition) is 28. The number of methoxy groups -OCH3 is 5. The molecule has 0 amide bonds. The molecule has 128 heavy (non-hydrogen) atoms. The Balaban J connectivity index is 0.000000137. The van der Waals surface area contributed by atoms with E-state index < -0.39 is 24.3 Å². The summed E-state index contributed by atoms with van der Waals surface area (Å²) in [6.45, 7) is 2.85. The summed E-state index contributed by atoms with van der Waals surface area (Å²) in [5.74, 6) is 4.88. The van der Waals surface area contributed by atoms with E-state index in [-0.39, 0.29) is 59.0 Å². The third-order valence-corrected chi connectivity index (χ3v) is 19.6. The van der Waals surface area contributed by atoms with E-state index in [4.69, 9.17) is 115 Å². The highest BCUT2D eigenvalue weighted by Crippen LogP contribution is 2.29. The first-order valence-corrected chi connectivity index (χ1v) is 38.9. The number of nitrogens with zero attached hydrogens (tertiary/aromatic N) is 24. The first-order valence-electron chi connectivity index (χ1n) is 36.7. The smallest absolute Gasteiger partial charge is 0.314 e. The van der Waals surface area contributed by atoms with Gasteiger partial charge in [0.05, 0.1) is 93.1 Å². The number of halogens is 10. The Kier molecular flexibility index (Phi) is 30.4. The molecule has 0 saturated carbocycles. The Labute approximate surface area is 751 Å². The molecule has 0 saturated heterocycles. The highest BCUT2D eigenvalue weighted by atomic mass is 35.5. The van der Waals surface area contributed by atoms with E-state index in [1.165, 1.54) is 18.9 Å². The molecular weight excluding hydrogens is 1790 g/mol. The Morgan fingerprint density at radius 1 is 0.359 bits per heavy atom. The molecule has 10 N–H and O–H groups in total. The fraction of sp³-hybridized carbons (Fsp3) is 0.148. The molecule has 0 radical (unpaired) electrons. The molecule has 15 aromatic heterocycles. The van der Waals surface area contributed by atoms with Crippen LogP contribution in [0.4, 0.5) is 35.4 Å². The summed E-state index contributed by atoms with van der Waals surface area (Å²) in [5, 5.41) is 1.04. The number of rotatable bonds is 16. The van der Waals surface area contributed by atoms with Gasteiger partial charge in [-0.3, -0.25) is 0 Å². The lowest BCUT2D eigenvalue weighted by Crippen LogP contribution is -2.32. The first-order chi connectivity index (χ1) is 61.0. The normalized spacial score (nSPS) is 10.7. The van der Waals surface area contributed by atoms with Gasteiger partial charge in [0, 0.05) is 0 Å². The second-order valence-corrected chi connectivity index (χ2v) is 28.2. The van der Waals surface area contributed by atoms with Crippen molar-refractivity contribution < 1.29 is 54.8 Å². The molecule has 0 atom stereocenters. The second kappa shape index (κ2) is 42.2. The van der Waals surface area contributed by atoms with Crippen LogP contribution in [0, 0.1) is 24.3 Å². The van der Waals surface area contributed by atoms with Crippen molar-refractivity contribution in [1.29, 1.82) is 0 Å². The maximum Gasteiger partial charge on any atom is 0.314 e. The van der Waals surface area contributed by atoms with E-state index in [1.807, 2.05) is 135 Å². The molecule has 37 nitrogen and oxygen atoms in total. The Morgan fingerprint density at radius 2 is 0.703 bits per heavy atom. The number of furan rings is 1. The van der Waals surface area contributed by atoms with Crippen molar-refractivity contribution in [3.8, 4) is 40.2 Å². The number of nitrogens with one attached hydrogen (secondary N) is 4. The maximum atomic E-state index is 13.9. The number of anilines is 3. The zero-order valence-corrected chi connectivity index (χ0v) is 70.6. The van der Waals surface area contributed by atoms with Crippen LogP contribution in [-0.2, 0) is 32.7 Å². The van der Waals surface area contributed by atoms with E-state index in [0.717, 1.165) is 62.1 Å². The van der Waals surface area contributed by atoms with E-state index >= 15 is 0 Å². The van der Waals surface area contributed by atoms with Gasteiger partial charge in [-0.15, -0.1) is 0 Å². The Hall–Kier alpha value is -14.9. The number of imidazole rings is 7. The van der Waals surface area contributed by atoms with Gasteiger partial charge in [0.15, 0.2) is 64.9 Å². The summed E-state index contributed by atoms with van der Waals surface area (Å²) in [7, 11) is 8.13. The zero-order chi connectivity index (χ0) is 88.7. The van der Waals surface area contributed by atoms with Crippen molar-refractivity contribution in [2.24, 2.45) is 0 Å². The molecule has 0 unspecified atom stereocenters. The SMILES string of the molecule is C.C.COc1ccc(C[n+]2c[nH]c3nc(F)nc(Cl)c32)cc1.COc1ccc(C[n+]2c[nH]c3nc(N)nc(Cl)c32)cc1.COc1ccc(Cn2cnc3c(-c4ccco4)nc(F)nc32)cc1.COc1ccc(Cn2cnc3c(Cl)nc(F)nc32)cc1.COc1ccc(Cn2cnc3c(Cl)nc(N)nc32)cc1.Fc1nc(Cl)c2[nH]cnc2n1.Nc1nc(Cl)c2[nH]cnc2n1. The number of hydrogen-bond donors (Lipinski definition) is 7. The molecule has 0 bridgehead atoms. The molecule has 0 aliphatic carbocycles. The summed E-state index contributed by atoms with van der Waals surface area (Å²) in [4.78, 5) is 84.1. The van der Waals surface area contributed by atoms with Crippen molar-refractivity contribution in [3.05, 3.63) is 267 Å².